The van der Waals surface area contributed by atoms with E-state index in [1.165, 1.54) is 122 Å². The normalized spacial score (nSPS) is 18.4. The summed E-state index contributed by atoms with van der Waals surface area (Å²) in [5, 5.41) is 49.2. The highest BCUT2D eigenvalue weighted by Crippen LogP contribution is 2.55. The molecule has 0 bridgehead atoms. The SMILES string of the molecule is CCCCCCCCCCCCCC(CC(=O)O)(C(=O)O)C(CCCCCCCCCCCCC)(CC(=O)OC1CC(C)(C)N(C)C(C)(C)C1)C(=O)OC1CC(C)(C)N(C)C(C)(C)C1.CCCCCCCCCCCCCOC(=O)CC(C(=O)O)C(CC(=O)O)C(=O)O. The number of hydrogen-bond donors (Lipinski definition) is 5. The molecule has 0 aliphatic carbocycles. The van der Waals surface area contributed by atoms with Gasteiger partial charge in [0.25, 0.3) is 0 Å². The molecule has 2 aliphatic rings. The van der Waals surface area contributed by atoms with Crippen LogP contribution in [0, 0.1) is 22.7 Å². The first-order valence-electron chi connectivity index (χ1n) is 36.9. The Morgan fingerprint density at radius 1 is 0.387 bits per heavy atom. The van der Waals surface area contributed by atoms with Crippen molar-refractivity contribution < 1.29 is 78.1 Å². The van der Waals surface area contributed by atoms with Crippen molar-refractivity contribution in [3.63, 3.8) is 0 Å². The minimum atomic E-state index is -2.09. The fourth-order valence-electron chi connectivity index (χ4n) is 14.8. The maximum Gasteiger partial charge on any atom is 0.314 e. The Bertz CT molecular complexity index is 2140. The summed E-state index contributed by atoms with van der Waals surface area (Å²) >= 11 is 0. The largest absolute Gasteiger partial charge is 0.481 e. The number of carbonyl (C=O) groups is 8. The third-order valence-electron chi connectivity index (χ3n) is 21.1. The van der Waals surface area contributed by atoms with Gasteiger partial charge in [0.05, 0.1) is 55.0 Å². The summed E-state index contributed by atoms with van der Waals surface area (Å²) in [4.78, 5) is 107. The molecule has 0 aromatic carbocycles. The lowest BCUT2D eigenvalue weighted by molar-refractivity contribution is -0.198. The van der Waals surface area contributed by atoms with Crippen molar-refractivity contribution in [1.82, 2.24) is 9.80 Å². The van der Waals surface area contributed by atoms with E-state index in [0.29, 0.717) is 44.9 Å². The Labute approximate surface area is 563 Å². The quantitative estimate of drug-likeness (QED) is 0.0215. The third kappa shape index (κ3) is 32.5. The van der Waals surface area contributed by atoms with Crippen molar-refractivity contribution in [3.8, 4) is 0 Å². The van der Waals surface area contributed by atoms with Crippen LogP contribution in [0.5, 0.6) is 0 Å². The number of likely N-dealkylation sites (tertiary alicyclic amines) is 2. The summed E-state index contributed by atoms with van der Waals surface area (Å²) in [6, 6.07) is 0. The highest BCUT2D eigenvalue weighted by atomic mass is 16.6. The molecule has 18 heteroatoms. The summed E-state index contributed by atoms with van der Waals surface area (Å²) in [7, 11) is 4.16. The Hall–Kier alpha value is -4.32. The second kappa shape index (κ2) is 45.2. The number of esters is 3. The number of hydrogen-bond acceptors (Lipinski definition) is 13. The molecule has 0 saturated carbocycles. The van der Waals surface area contributed by atoms with Gasteiger partial charge in [0, 0.05) is 47.8 Å². The van der Waals surface area contributed by atoms with Crippen LogP contribution in [0.1, 0.15) is 352 Å². The van der Waals surface area contributed by atoms with Crippen LogP contribution in [0.4, 0.5) is 0 Å². The Balaban J connectivity index is 0.00000125. The molecule has 0 spiro atoms. The first-order valence-corrected chi connectivity index (χ1v) is 36.9. The monoisotopic (exact) mass is 1320 g/mol. The van der Waals surface area contributed by atoms with Gasteiger partial charge in [-0.15, -0.1) is 0 Å². The van der Waals surface area contributed by atoms with E-state index in [4.69, 9.17) is 29.5 Å². The summed E-state index contributed by atoms with van der Waals surface area (Å²) in [5.41, 5.74) is -5.28. The number of carboxylic acids is 5. The van der Waals surface area contributed by atoms with Crippen LogP contribution in [-0.4, -0.2) is 138 Å². The summed E-state index contributed by atoms with van der Waals surface area (Å²) in [6.45, 7) is 23.8. The summed E-state index contributed by atoms with van der Waals surface area (Å²) < 4.78 is 18.0. The fraction of sp³-hybridized carbons (Fsp3) is 0.893. The van der Waals surface area contributed by atoms with Crippen molar-refractivity contribution >= 4 is 47.8 Å². The van der Waals surface area contributed by atoms with Crippen molar-refractivity contribution in [2.45, 2.75) is 387 Å². The van der Waals surface area contributed by atoms with Gasteiger partial charge in [-0.25, -0.2) is 0 Å². The van der Waals surface area contributed by atoms with Crippen molar-refractivity contribution in [1.29, 1.82) is 0 Å². The number of ether oxygens (including phenoxy) is 3. The van der Waals surface area contributed by atoms with Gasteiger partial charge in [-0.05, 0) is 88.7 Å². The van der Waals surface area contributed by atoms with Gasteiger partial charge in [0.1, 0.15) is 12.2 Å². The van der Waals surface area contributed by atoms with Gasteiger partial charge in [0.2, 0.25) is 0 Å². The van der Waals surface area contributed by atoms with E-state index in [0.717, 1.165) is 70.6 Å². The Morgan fingerprint density at radius 2 is 0.688 bits per heavy atom. The standard InChI is InChI=1S/C54H100N2O8.C21H36O8/c1-13-15-17-19-21-23-25-27-29-31-33-35-53(47(60)61,41-45(57)58)54(36-34-32-30-28-26-24-22-20-18-16-14-2,48(62)64-44-39-51(7,8)56(12)52(9,10)40-44)42-46(59)63-43-37-49(3,4)55(11)50(5,6)38-43;1-2-3-4-5-6-7-8-9-10-11-12-13-29-19(24)15-17(21(27)28)16(20(25)26)14-18(22)23/h43-44H,13-42H2,1-12H3,(H,57,58)(H,60,61);16-17H,2-15H2,1H3,(H,22,23)(H,25,26)(H,27,28). The molecule has 2 saturated heterocycles. The maximum atomic E-state index is 15.6. The number of rotatable bonds is 52. The van der Waals surface area contributed by atoms with E-state index in [9.17, 15) is 43.8 Å². The molecule has 93 heavy (non-hydrogen) atoms. The van der Waals surface area contributed by atoms with Crippen molar-refractivity contribution in [3.05, 3.63) is 0 Å². The van der Waals surface area contributed by atoms with Gasteiger partial charge in [-0.2, -0.15) is 0 Å². The van der Waals surface area contributed by atoms with Crippen LogP contribution < -0.4 is 0 Å². The van der Waals surface area contributed by atoms with Gasteiger partial charge >= 0.3 is 47.8 Å². The molecule has 542 valence electrons. The van der Waals surface area contributed by atoms with Gasteiger partial charge in [-0.3, -0.25) is 48.2 Å². The van der Waals surface area contributed by atoms with Crippen LogP contribution in [0.15, 0.2) is 0 Å². The molecule has 18 nitrogen and oxygen atoms in total. The van der Waals surface area contributed by atoms with Crippen LogP contribution in [0.25, 0.3) is 0 Å². The average Bonchev–Trinajstić information content (AvgIpc) is 0.744. The van der Waals surface area contributed by atoms with Crippen molar-refractivity contribution in [2.75, 3.05) is 20.7 Å². The first kappa shape index (κ1) is 86.7. The van der Waals surface area contributed by atoms with Gasteiger partial charge in [-0.1, -0.05) is 226 Å². The molecule has 0 radical (unpaired) electrons. The molecule has 2 heterocycles. The average molecular weight is 1320 g/mol. The zero-order valence-corrected chi connectivity index (χ0v) is 61.0. The summed E-state index contributed by atoms with van der Waals surface area (Å²) in [5.74, 6) is -12.7. The van der Waals surface area contributed by atoms with Gasteiger partial charge < -0.3 is 39.7 Å². The molecule has 0 aromatic heterocycles. The minimum absolute atomic E-state index is 0.0370. The fourth-order valence-corrected chi connectivity index (χ4v) is 14.8. The number of nitrogens with zero attached hydrogens (tertiary/aromatic N) is 2. The predicted octanol–water partition coefficient (Wildman–Crippen LogP) is 17.8. The molecule has 2 aliphatic heterocycles. The number of carboxylic acid groups (broad SMARTS) is 5. The van der Waals surface area contributed by atoms with E-state index < -0.39 is 108 Å². The highest BCUT2D eigenvalue weighted by Gasteiger charge is 2.64. The molecular weight excluding hydrogens is 1180 g/mol. The molecule has 0 amide bonds. The third-order valence-corrected chi connectivity index (χ3v) is 21.1. The van der Waals surface area contributed by atoms with E-state index in [1.807, 2.05) is 0 Å². The minimum Gasteiger partial charge on any atom is -0.481 e. The Morgan fingerprint density at radius 3 is 1.00 bits per heavy atom. The smallest absolute Gasteiger partial charge is 0.314 e. The number of aliphatic carboxylic acids is 5. The van der Waals surface area contributed by atoms with E-state index in [1.54, 1.807) is 0 Å². The van der Waals surface area contributed by atoms with E-state index in [2.05, 4.69) is 100 Å². The zero-order chi connectivity index (χ0) is 70.3. The molecule has 2 fully saturated rings. The van der Waals surface area contributed by atoms with Crippen LogP contribution in [0.2, 0.25) is 0 Å². The lowest BCUT2D eigenvalue weighted by atomic mass is 9.55. The molecule has 0 aromatic rings. The second-order valence-electron chi connectivity index (χ2n) is 30.6. The predicted molar refractivity (Wildman–Crippen MR) is 368 cm³/mol. The van der Waals surface area contributed by atoms with Gasteiger partial charge in [0.15, 0.2) is 0 Å². The number of piperidine rings is 2. The number of carbonyl (C=O) groups excluding carboxylic acids is 3. The lowest BCUT2D eigenvalue weighted by Crippen LogP contribution is -2.62. The van der Waals surface area contributed by atoms with Crippen LogP contribution in [-0.2, 0) is 52.6 Å². The first-order chi connectivity index (χ1) is 43.7. The van der Waals surface area contributed by atoms with Crippen molar-refractivity contribution in [2.24, 2.45) is 22.7 Å². The molecule has 4 unspecified atom stereocenters. The second-order valence-corrected chi connectivity index (χ2v) is 30.6. The topological polar surface area (TPSA) is 272 Å². The van der Waals surface area contributed by atoms with Crippen LogP contribution >= 0.6 is 0 Å². The maximum absolute atomic E-state index is 15.6. The van der Waals surface area contributed by atoms with Crippen LogP contribution in [0.3, 0.4) is 0 Å². The number of unbranched alkanes of at least 4 members (excludes halogenated alkanes) is 30. The Kier molecular flexibility index (Phi) is 42.2. The highest BCUT2D eigenvalue weighted by molar-refractivity contribution is 5.94. The molecule has 5 N–H and O–H groups in total. The zero-order valence-electron chi connectivity index (χ0n) is 61.0. The summed E-state index contributed by atoms with van der Waals surface area (Å²) in [6.07, 6.45) is 34.4. The molecule has 2 rings (SSSR count). The molecule has 4 atom stereocenters. The lowest BCUT2D eigenvalue weighted by Gasteiger charge is -2.54. The van der Waals surface area contributed by atoms with E-state index in [-0.39, 0.29) is 41.6 Å². The molecular formula is C75H136N2O16. The van der Waals surface area contributed by atoms with E-state index >= 15 is 4.79 Å².